The fraction of sp³-hybridized carbons (Fsp3) is 0.167. The third-order valence-corrected chi connectivity index (χ3v) is 4.19. The van der Waals surface area contributed by atoms with Gasteiger partial charge in [-0.05, 0) is 30.9 Å². The van der Waals surface area contributed by atoms with E-state index in [1.165, 1.54) is 18.0 Å². The molecule has 19 heavy (non-hydrogen) atoms. The number of carbonyl (C=O) groups is 1. The van der Waals surface area contributed by atoms with E-state index in [0.29, 0.717) is 10.2 Å². The lowest BCUT2D eigenvalue weighted by Crippen LogP contribution is -2.23. The van der Waals surface area contributed by atoms with E-state index in [1.807, 2.05) is 6.07 Å². The number of nitrogens with zero attached hydrogens (tertiary/aromatic N) is 1. The van der Waals surface area contributed by atoms with Gasteiger partial charge in [0.15, 0.2) is 0 Å². The Labute approximate surface area is 118 Å². The van der Waals surface area contributed by atoms with Crippen LogP contribution in [0.3, 0.4) is 0 Å². The van der Waals surface area contributed by atoms with Gasteiger partial charge in [0.1, 0.15) is 12.3 Å². The number of likely N-dealkylation sites (N-methyl/N-ethyl adjacent to an activating group) is 1. The van der Waals surface area contributed by atoms with Crippen molar-refractivity contribution in [3.8, 4) is 0 Å². The average molecular weight is 296 g/mol. The molecule has 1 aromatic carbocycles. The molecular weight excluding hydrogens is 286 g/mol. The summed E-state index contributed by atoms with van der Waals surface area (Å²) in [6.45, 7) is 0. The first-order valence-corrected chi connectivity index (χ1v) is 6.77. The average Bonchev–Trinajstić information content (AvgIpc) is 2.97. The lowest BCUT2D eigenvalue weighted by atomic mass is 10.1. The van der Waals surface area contributed by atoms with Crippen LogP contribution in [0.25, 0.3) is 0 Å². The quantitative estimate of drug-likeness (QED) is 0.911. The first-order chi connectivity index (χ1) is 9.19. The molecule has 2 heterocycles. The Morgan fingerprint density at radius 3 is 3.05 bits per heavy atom. The number of halogens is 1. The Morgan fingerprint density at radius 1 is 1.53 bits per heavy atom. The summed E-state index contributed by atoms with van der Waals surface area (Å²) in [5, 5.41) is 6.85. The van der Waals surface area contributed by atoms with Crippen molar-refractivity contribution in [1.82, 2.24) is 10.3 Å². The Hall–Kier alpha value is -1.50. The largest absolute Gasteiger partial charge is 0.440 e. The van der Waals surface area contributed by atoms with Crippen molar-refractivity contribution < 1.29 is 9.21 Å². The van der Waals surface area contributed by atoms with Gasteiger partial charge >= 0.3 is 0 Å². The highest BCUT2D eigenvalue weighted by molar-refractivity contribution is 7.99. The molecule has 3 rings (SSSR count). The van der Waals surface area contributed by atoms with E-state index < -0.39 is 0 Å². The van der Waals surface area contributed by atoms with Gasteiger partial charge in [0, 0.05) is 16.1 Å². The number of benzene rings is 1. The van der Waals surface area contributed by atoms with Gasteiger partial charge in [0.25, 0.3) is 5.22 Å². The van der Waals surface area contributed by atoms with Gasteiger partial charge in [0.2, 0.25) is 5.91 Å². The van der Waals surface area contributed by atoms with E-state index in [0.717, 1.165) is 16.1 Å². The summed E-state index contributed by atoms with van der Waals surface area (Å²) in [6.07, 6.45) is 3.07. The summed E-state index contributed by atoms with van der Waals surface area (Å²) >= 11 is 7.55. The molecule has 1 amide bonds. The Bertz CT molecular complexity index is 630. The zero-order valence-electron chi connectivity index (χ0n) is 9.94. The standard InChI is InChI=1S/C12H10ClN3O2S/c1-14-10-6-4-7(13)9(5-8(6)16-11(10)17)19-12-15-2-3-18-12/h2-5,10,14H,1H3,(H,16,17). The van der Waals surface area contributed by atoms with Gasteiger partial charge in [0.05, 0.1) is 11.2 Å². The van der Waals surface area contributed by atoms with Gasteiger partial charge in [-0.2, -0.15) is 0 Å². The summed E-state index contributed by atoms with van der Waals surface area (Å²) in [5.74, 6) is -0.0770. The highest BCUT2D eigenvalue weighted by Crippen LogP contribution is 2.40. The molecule has 98 valence electrons. The van der Waals surface area contributed by atoms with Crippen molar-refractivity contribution in [2.45, 2.75) is 16.2 Å². The summed E-state index contributed by atoms with van der Waals surface area (Å²) in [4.78, 5) is 16.6. The van der Waals surface area contributed by atoms with Crippen LogP contribution in [0.15, 0.2) is 39.1 Å². The van der Waals surface area contributed by atoms with Gasteiger partial charge in [-0.1, -0.05) is 11.6 Å². The minimum atomic E-state index is -0.353. The van der Waals surface area contributed by atoms with E-state index in [-0.39, 0.29) is 11.9 Å². The van der Waals surface area contributed by atoms with Gasteiger partial charge in [-0.3, -0.25) is 4.79 Å². The molecule has 1 unspecified atom stereocenters. The summed E-state index contributed by atoms with van der Waals surface area (Å²) in [7, 11) is 1.74. The summed E-state index contributed by atoms with van der Waals surface area (Å²) < 4.78 is 5.17. The molecule has 0 radical (unpaired) electrons. The fourth-order valence-corrected chi connectivity index (χ4v) is 3.01. The molecule has 1 aliphatic heterocycles. The van der Waals surface area contributed by atoms with Crippen molar-refractivity contribution in [3.63, 3.8) is 0 Å². The normalized spacial score (nSPS) is 17.4. The zero-order valence-corrected chi connectivity index (χ0v) is 11.5. The number of nitrogens with one attached hydrogen (secondary N) is 2. The molecule has 0 bridgehead atoms. The topological polar surface area (TPSA) is 67.2 Å². The van der Waals surface area contributed by atoms with E-state index in [4.69, 9.17) is 16.0 Å². The van der Waals surface area contributed by atoms with Crippen LogP contribution < -0.4 is 10.6 Å². The van der Waals surface area contributed by atoms with E-state index in [2.05, 4.69) is 15.6 Å². The molecule has 2 N–H and O–H groups in total. The van der Waals surface area contributed by atoms with Gasteiger partial charge < -0.3 is 15.1 Å². The molecule has 2 aromatic rings. The second-order valence-electron chi connectivity index (χ2n) is 3.98. The molecule has 5 nitrogen and oxygen atoms in total. The Balaban J connectivity index is 1.97. The Morgan fingerprint density at radius 2 is 2.37 bits per heavy atom. The predicted octanol–water partition coefficient (Wildman–Crippen LogP) is 2.69. The van der Waals surface area contributed by atoms with Gasteiger partial charge in [-0.15, -0.1) is 0 Å². The molecule has 0 fully saturated rings. The van der Waals surface area contributed by atoms with Crippen molar-refractivity contribution in [2.75, 3.05) is 12.4 Å². The van der Waals surface area contributed by atoms with E-state index in [1.54, 1.807) is 19.3 Å². The number of carbonyl (C=O) groups excluding carboxylic acids is 1. The van der Waals surface area contributed by atoms with Crippen LogP contribution >= 0.6 is 23.4 Å². The van der Waals surface area contributed by atoms with Crippen LogP contribution in [-0.2, 0) is 4.79 Å². The lowest BCUT2D eigenvalue weighted by molar-refractivity contribution is -0.117. The maximum Gasteiger partial charge on any atom is 0.260 e. The number of fused-ring (bicyclic) bond motifs is 1. The van der Waals surface area contributed by atoms with Crippen molar-refractivity contribution in [2.24, 2.45) is 0 Å². The number of amides is 1. The zero-order chi connectivity index (χ0) is 13.4. The number of hydrogen-bond acceptors (Lipinski definition) is 5. The monoisotopic (exact) mass is 295 g/mol. The van der Waals surface area contributed by atoms with Crippen molar-refractivity contribution in [1.29, 1.82) is 0 Å². The van der Waals surface area contributed by atoms with Crippen LogP contribution in [0, 0.1) is 0 Å². The third kappa shape index (κ3) is 2.22. The number of oxazole rings is 1. The maximum absolute atomic E-state index is 11.7. The second kappa shape index (κ2) is 4.88. The minimum absolute atomic E-state index is 0.0770. The smallest absolute Gasteiger partial charge is 0.260 e. The van der Waals surface area contributed by atoms with Crippen molar-refractivity contribution >= 4 is 35.0 Å². The molecule has 0 saturated heterocycles. The maximum atomic E-state index is 11.7. The SMILES string of the molecule is CNC1C(=O)Nc2cc(Sc3ncco3)c(Cl)cc21. The molecule has 1 atom stereocenters. The number of aromatic nitrogens is 1. The van der Waals surface area contributed by atoms with Crippen LogP contribution in [0.4, 0.5) is 5.69 Å². The molecule has 0 spiro atoms. The number of rotatable bonds is 3. The van der Waals surface area contributed by atoms with Gasteiger partial charge in [-0.25, -0.2) is 4.98 Å². The van der Waals surface area contributed by atoms with E-state index in [9.17, 15) is 4.79 Å². The third-order valence-electron chi connectivity index (χ3n) is 2.83. The molecular formula is C12H10ClN3O2S. The summed E-state index contributed by atoms with van der Waals surface area (Å²) in [5.41, 5.74) is 1.62. The van der Waals surface area contributed by atoms with Crippen LogP contribution in [-0.4, -0.2) is 17.9 Å². The van der Waals surface area contributed by atoms with E-state index >= 15 is 0 Å². The molecule has 1 aliphatic rings. The van der Waals surface area contributed by atoms with Crippen LogP contribution in [0.1, 0.15) is 11.6 Å². The number of anilines is 1. The molecule has 1 aromatic heterocycles. The fourth-order valence-electron chi connectivity index (χ4n) is 1.98. The highest BCUT2D eigenvalue weighted by atomic mass is 35.5. The lowest BCUT2D eigenvalue weighted by Gasteiger charge is -2.08. The summed E-state index contributed by atoms with van der Waals surface area (Å²) in [6, 6.07) is 3.27. The molecule has 0 saturated carbocycles. The second-order valence-corrected chi connectivity index (χ2v) is 5.38. The minimum Gasteiger partial charge on any atom is -0.440 e. The highest BCUT2D eigenvalue weighted by Gasteiger charge is 2.30. The predicted molar refractivity (Wildman–Crippen MR) is 72.5 cm³/mol. The van der Waals surface area contributed by atoms with Crippen LogP contribution in [0.2, 0.25) is 5.02 Å². The van der Waals surface area contributed by atoms with Crippen molar-refractivity contribution in [3.05, 3.63) is 35.2 Å². The Kier molecular flexibility index (Phi) is 3.22. The first kappa shape index (κ1) is 12.5. The number of hydrogen-bond donors (Lipinski definition) is 2. The first-order valence-electron chi connectivity index (χ1n) is 5.58. The van der Waals surface area contributed by atoms with Crippen LogP contribution in [0.5, 0.6) is 0 Å². The molecule has 7 heteroatoms. The molecule has 0 aliphatic carbocycles.